The van der Waals surface area contributed by atoms with Crippen molar-refractivity contribution in [1.29, 1.82) is 0 Å². The van der Waals surface area contributed by atoms with Crippen molar-refractivity contribution < 1.29 is 23.0 Å². The van der Waals surface area contributed by atoms with Crippen LogP contribution < -0.4 is 4.74 Å². The molecular weight excluding hydrogens is 297 g/mol. The SMILES string of the molecule is OCCCN1CCC(COc2ccc(C(F)(F)F)cn2)CC1. The van der Waals surface area contributed by atoms with Crippen molar-refractivity contribution in [2.45, 2.75) is 25.4 Å². The molecule has 0 spiro atoms. The molecule has 0 saturated carbocycles. The van der Waals surface area contributed by atoms with Crippen LogP contribution in [0, 0.1) is 5.92 Å². The number of halogens is 3. The number of likely N-dealkylation sites (tertiary alicyclic amines) is 1. The van der Waals surface area contributed by atoms with Gasteiger partial charge in [-0.3, -0.25) is 0 Å². The molecule has 1 saturated heterocycles. The van der Waals surface area contributed by atoms with E-state index in [0.717, 1.165) is 51.2 Å². The van der Waals surface area contributed by atoms with E-state index in [0.29, 0.717) is 12.5 Å². The van der Waals surface area contributed by atoms with E-state index in [9.17, 15) is 13.2 Å². The second kappa shape index (κ2) is 7.78. The number of piperidine rings is 1. The highest BCUT2D eigenvalue weighted by Crippen LogP contribution is 2.29. The highest BCUT2D eigenvalue weighted by atomic mass is 19.4. The molecule has 0 amide bonds. The van der Waals surface area contributed by atoms with Gasteiger partial charge in [-0.05, 0) is 44.3 Å². The second-order valence-electron chi connectivity index (χ2n) is 5.56. The smallest absolute Gasteiger partial charge is 0.417 e. The van der Waals surface area contributed by atoms with E-state index < -0.39 is 11.7 Å². The summed E-state index contributed by atoms with van der Waals surface area (Å²) in [5.74, 6) is 0.630. The van der Waals surface area contributed by atoms with Crippen LogP contribution in [0.25, 0.3) is 0 Å². The number of rotatable bonds is 6. The number of alkyl halides is 3. The molecule has 1 fully saturated rings. The van der Waals surface area contributed by atoms with Crippen molar-refractivity contribution in [3.8, 4) is 5.88 Å². The standard InChI is InChI=1S/C15H21F3N2O2/c16-15(17,18)13-2-3-14(19-10-13)22-11-12-4-7-20(8-5-12)6-1-9-21/h2-3,10,12,21H,1,4-9,11H2. The zero-order valence-electron chi connectivity index (χ0n) is 12.4. The van der Waals surface area contributed by atoms with E-state index in [4.69, 9.17) is 9.84 Å². The number of nitrogens with zero attached hydrogens (tertiary/aromatic N) is 2. The quantitative estimate of drug-likeness (QED) is 0.876. The molecule has 0 unspecified atom stereocenters. The van der Waals surface area contributed by atoms with Crippen molar-refractivity contribution >= 4 is 0 Å². The normalized spacial score (nSPS) is 17.6. The molecule has 1 aliphatic rings. The number of hydrogen-bond acceptors (Lipinski definition) is 4. The van der Waals surface area contributed by atoms with E-state index in [1.807, 2.05) is 0 Å². The maximum Gasteiger partial charge on any atom is 0.417 e. The van der Waals surface area contributed by atoms with Gasteiger partial charge in [0.1, 0.15) is 0 Å². The summed E-state index contributed by atoms with van der Waals surface area (Å²) in [7, 11) is 0. The Kier molecular flexibility index (Phi) is 6.02. The van der Waals surface area contributed by atoms with Crippen molar-refractivity contribution in [1.82, 2.24) is 9.88 Å². The fraction of sp³-hybridized carbons (Fsp3) is 0.667. The molecule has 1 aromatic rings. The van der Waals surface area contributed by atoms with Gasteiger partial charge in [0.25, 0.3) is 0 Å². The minimum Gasteiger partial charge on any atom is -0.477 e. The molecule has 0 radical (unpaired) electrons. The van der Waals surface area contributed by atoms with Crippen LogP contribution in [-0.4, -0.2) is 47.8 Å². The number of aliphatic hydroxyl groups excluding tert-OH is 1. The van der Waals surface area contributed by atoms with Crippen LogP contribution in [0.1, 0.15) is 24.8 Å². The van der Waals surface area contributed by atoms with Crippen molar-refractivity contribution in [3.05, 3.63) is 23.9 Å². The molecule has 1 aromatic heterocycles. The summed E-state index contributed by atoms with van der Waals surface area (Å²) in [6, 6.07) is 2.25. The van der Waals surface area contributed by atoms with E-state index >= 15 is 0 Å². The highest BCUT2D eigenvalue weighted by molar-refractivity contribution is 5.20. The van der Waals surface area contributed by atoms with Crippen LogP contribution in [-0.2, 0) is 6.18 Å². The van der Waals surface area contributed by atoms with Crippen LogP contribution in [0.4, 0.5) is 13.2 Å². The van der Waals surface area contributed by atoms with Crippen LogP contribution in [0.5, 0.6) is 5.88 Å². The molecule has 0 aliphatic carbocycles. The Labute approximate surface area is 127 Å². The molecule has 0 aromatic carbocycles. The summed E-state index contributed by atoms with van der Waals surface area (Å²) < 4.78 is 42.8. The number of hydrogen-bond donors (Lipinski definition) is 1. The van der Waals surface area contributed by atoms with Crippen molar-refractivity contribution in [2.24, 2.45) is 5.92 Å². The van der Waals surface area contributed by atoms with Gasteiger partial charge in [-0.1, -0.05) is 0 Å². The predicted octanol–water partition coefficient (Wildman–Crippen LogP) is 2.57. The number of aliphatic hydroxyl groups is 1. The Hall–Kier alpha value is -1.34. The first-order valence-electron chi connectivity index (χ1n) is 7.48. The Balaban J connectivity index is 1.73. The lowest BCUT2D eigenvalue weighted by Gasteiger charge is -2.31. The van der Waals surface area contributed by atoms with Crippen molar-refractivity contribution in [2.75, 3.05) is 32.8 Å². The molecule has 22 heavy (non-hydrogen) atoms. The van der Waals surface area contributed by atoms with Gasteiger partial charge in [0.2, 0.25) is 5.88 Å². The van der Waals surface area contributed by atoms with Crippen LogP contribution in [0.2, 0.25) is 0 Å². The zero-order valence-corrected chi connectivity index (χ0v) is 12.4. The van der Waals surface area contributed by atoms with Gasteiger partial charge in [0.15, 0.2) is 0 Å². The fourth-order valence-corrected chi connectivity index (χ4v) is 2.51. The third-order valence-electron chi connectivity index (χ3n) is 3.87. The number of pyridine rings is 1. The van der Waals surface area contributed by atoms with Crippen LogP contribution >= 0.6 is 0 Å². The fourth-order valence-electron chi connectivity index (χ4n) is 2.51. The van der Waals surface area contributed by atoms with Crippen LogP contribution in [0.15, 0.2) is 18.3 Å². The monoisotopic (exact) mass is 318 g/mol. The first-order valence-corrected chi connectivity index (χ1v) is 7.48. The number of ether oxygens (including phenoxy) is 1. The van der Waals surface area contributed by atoms with E-state index in [1.165, 1.54) is 6.07 Å². The summed E-state index contributed by atoms with van der Waals surface area (Å²) >= 11 is 0. The third kappa shape index (κ3) is 5.14. The third-order valence-corrected chi connectivity index (χ3v) is 3.87. The van der Waals surface area contributed by atoms with Crippen LogP contribution in [0.3, 0.4) is 0 Å². The zero-order chi connectivity index (χ0) is 16.0. The number of aromatic nitrogens is 1. The molecule has 4 nitrogen and oxygen atoms in total. The summed E-state index contributed by atoms with van der Waals surface area (Å²) in [4.78, 5) is 6.01. The molecule has 2 heterocycles. The molecule has 7 heteroatoms. The molecule has 124 valence electrons. The molecule has 2 rings (SSSR count). The lowest BCUT2D eigenvalue weighted by atomic mass is 9.98. The lowest BCUT2D eigenvalue weighted by Crippen LogP contribution is -2.36. The van der Waals surface area contributed by atoms with Gasteiger partial charge in [-0.2, -0.15) is 13.2 Å². The van der Waals surface area contributed by atoms with E-state index in [1.54, 1.807) is 0 Å². The maximum absolute atomic E-state index is 12.4. The van der Waals surface area contributed by atoms with Gasteiger partial charge in [-0.25, -0.2) is 4.98 Å². The average molecular weight is 318 g/mol. The minimum atomic E-state index is -4.37. The Morgan fingerprint density at radius 1 is 1.27 bits per heavy atom. The van der Waals surface area contributed by atoms with Gasteiger partial charge in [-0.15, -0.1) is 0 Å². The summed E-state index contributed by atoms with van der Waals surface area (Å²) in [5.41, 5.74) is -0.767. The highest BCUT2D eigenvalue weighted by Gasteiger charge is 2.30. The lowest BCUT2D eigenvalue weighted by molar-refractivity contribution is -0.137. The molecule has 0 bridgehead atoms. The Bertz CT molecular complexity index is 443. The second-order valence-corrected chi connectivity index (χ2v) is 5.56. The minimum absolute atomic E-state index is 0.211. The molecule has 0 atom stereocenters. The topological polar surface area (TPSA) is 45.6 Å². The summed E-state index contributed by atoms with van der Waals surface area (Å²) in [6.45, 7) is 3.53. The molecule has 1 N–H and O–H groups in total. The van der Waals surface area contributed by atoms with Gasteiger partial charge in [0.05, 0.1) is 12.2 Å². The van der Waals surface area contributed by atoms with E-state index in [-0.39, 0.29) is 12.5 Å². The average Bonchev–Trinajstić information content (AvgIpc) is 2.51. The Morgan fingerprint density at radius 2 is 2.00 bits per heavy atom. The summed E-state index contributed by atoms with van der Waals surface area (Å²) in [6.07, 6.45) is -0.797. The predicted molar refractivity (Wildman–Crippen MR) is 75.6 cm³/mol. The maximum atomic E-state index is 12.4. The first kappa shape index (κ1) is 17.0. The first-order chi connectivity index (χ1) is 10.5. The van der Waals surface area contributed by atoms with E-state index in [2.05, 4.69) is 9.88 Å². The van der Waals surface area contributed by atoms with Gasteiger partial charge < -0.3 is 14.7 Å². The largest absolute Gasteiger partial charge is 0.477 e. The Morgan fingerprint density at radius 3 is 2.55 bits per heavy atom. The van der Waals surface area contributed by atoms with Gasteiger partial charge in [0, 0.05) is 25.4 Å². The summed E-state index contributed by atoms with van der Waals surface area (Å²) in [5, 5.41) is 8.80. The molecular formula is C15H21F3N2O2. The molecule has 1 aliphatic heterocycles. The van der Waals surface area contributed by atoms with Crippen molar-refractivity contribution in [3.63, 3.8) is 0 Å². The van der Waals surface area contributed by atoms with Gasteiger partial charge >= 0.3 is 6.18 Å².